The predicted octanol–water partition coefficient (Wildman–Crippen LogP) is -3.16. The number of nitrogens with one attached hydrogen (secondary N) is 1. The molecule has 0 rings (SSSR count). The third-order valence-corrected chi connectivity index (χ3v) is 0.642. The van der Waals surface area contributed by atoms with Crippen LogP contribution in [-0.4, -0.2) is 37.1 Å². The molecule has 0 aromatic rings. The summed E-state index contributed by atoms with van der Waals surface area (Å²) in [4.78, 5) is 0. The second kappa shape index (κ2) is 22.8. The van der Waals surface area contributed by atoms with Gasteiger partial charge in [0.05, 0.1) is 0 Å². The normalized spacial score (nSPS) is 6.60. The zero-order valence-corrected chi connectivity index (χ0v) is 6.86. The van der Waals surface area contributed by atoms with Crippen molar-refractivity contribution in [1.82, 2.24) is 5.32 Å². The molecule has 0 heterocycles. The molecule has 0 aromatic carbocycles. The molecule has 5 nitrogen and oxygen atoms in total. The van der Waals surface area contributed by atoms with E-state index < -0.39 is 0 Å². The van der Waals surface area contributed by atoms with Crippen molar-refractivity contribution < 1.29 is 27.7 Å². The molecule has 10 heavy (non-hydrogen) atoms. The van der Waals surface area contributed by atoms with E-state index in [1.807, 2.05) is 0 Å². The molecule has 0 aliphatic heterocycles. The molecule has 9 N–H and O–H groups in total. The molecule has 0 spiro atoms. The first-order valence-electron chi connectivity index (χ1n) is 2.52. The van der Waals surface area contributed by atoms with Crippen LogP contribution in [0.5, 0.6) is 0 Å². The summed E-state index contributed by atoms with van der Waals surface area (Å²) in [7, 11) is 0. The molecule has 0 atom stereocenters. The van der Waals surface area contributed by atoms with Crippen molar-refractivity contribution in [1.29, 1.82) is 0 Å². The molecule has 6 heteroatoms. The molecule has 0 fully saturated rings. The summed E-state index contributed by atoms with van der Waals surface area (Å²) in [6, 6.07) is 0. The zero-order chi connectivity index (χ0) is 5.54. The Labute approximate surface area is 71.3 Å². The Morgan fingerprint density at radius 1 is 0.900 bits per heavy atom. The fraction of sp³-hybridized carbons (Fsp3) is 1.00. The Morgan fingerprint density at radius 3 is 1.40 bits per heavy atom. The van der Waals surface area contributed by atoms with Gasteiger partial charge in [0.15, 0.2) is 0 Å². The SMILES string of the molecule is NCCNCCN.O.O.[Co]. The van der Waals surface area contributed by atoms with Crippen LogP contribution in [-0.2, 0) is 16.8 Å². The fourth-order valence-electron chi connectivity index (χ4n) is 0.329. The van der Waals surface area contributed by atoms with Crippen molar-refractivity contribution >= 4 is 0 Å². The van der Waals surface area contributed by atoms with E-state index in [4.69, 9.17) is 11.5 Å². The van der Waals surface area contributed by atoms with Gasteiger partial charge in [-0.3, -0.25) is 0 Å². The van der Waals surface area contributed by atoms with E-state index >= 15 is 0 Å². The van der Waals surface area contributed by atoms with Gasteiger partial charge in [-0.25, -0.2) is 0 Å². The summed E-state index contributed by atoms with van der Waals surface area (Å²) >= 11 is 0. The summed E-state index contributed by atoms with van der Waals surface area (Å²) in [6.07, 6.45) is 0. The Morgan fingerprint density at radius 2 is 1.20 bits per heavy atom. The van der Waals surface area contributed by atoms with Crippen molar-refractivity contribution in [2.45, 2.75) is 0 Å². The molecular formula is C4H17CoN3O2. The number of hydrogen-bond acceptors (Lipinski definition) is 3. The first-order chi connectivity index (χ1) is 3.41. The van der Waals surface area contributed by atoms with Crippen molar-refractivity contribution in [3.8, 4) is 0 Å². The maximum Gasteiger partial charge on any atom is 0.00750 e. The van der Waals surface area contributed by atoms with Gasteiger partial charge in [-0.15, -0.1) is 0 Å². The largest absolute Gasteiger partial charge is 0.412 e. The maximum atomic E-state index is 5.17. The van der Waals surface area contributed by atoms with Crippen LogP contribution < -0.4 is 16.8 Å². The first kappa shape index (κ1) is 22.4. The summed E-state index contributed by atoms with van der Waals surface area (Å²) in [6.45, 7) is 3.13. The quantitative estimate of drug-likeness (QED) is 0.412. The molecule has 0 aliphatic rings. The minimum absolute atomic E-state index is 0. The second-order valence-corrected chi connectivity index (χ2v) is 1.33. The topological polar surface area (TPSA) is 127 Å². The Bertz CT molecular complexity index is 37.7. The van der Waals surface area contributed by atoms with Gasteiger partial charge in [0.25, 0.3) is 0 Å². The van der Waals surface area contributed by atoms with Crippen LogP contribution in [0.2, 0.25) is 0 Å². The summed E-state index contributed by atoms with van der Waals surface area (Å²) in [5.41, 5.74) is 10.3. The third kappa shape index (κ3) is 23.9. The van der Waals surface area contributed by atoms with Crippen LogP contribution in [0.4, 0.5) is 0 Å². The monoisotopic (exact) mass is 198 g/mol. The molecule has 0 unspecified atom stereocenters. The van der Waals surface area contributed by atoms with Crippen molar-refractivity contribution in [3.05, 3.63) is 0 Å². The Balaban J connectivity index is -0.0000000600. The van der Waals surface area contributed by atoms with Gasteiger partial charge >= 0.3 is 0 Å². The standard InChI is InChI=1S/C4H13N3.Co.2H2O/c5-1-3-7-4-2-6;;;/h7H,1-6H2;;2*1H2. The molecule has 0 saturated carbocycles. The minimum atomic E-state index is 0. The van der Waals surface area contributed by atoms with Crippen LogP contribution in [0, 0.1) is 0 Å². The van der Waals surface area contributed by atoms with Gasteiger partial charge in [-0.2, -0.15) is 0 Å². The fourth-order valence-corrected chi connectivity index (χ4v) is 0.329. The Kier molecular flexibility index (Phi) is 51.2. The van der Waals surface area contributed by atoms with E-state index in [1.165, 1.54) is 0 Å². The molecule has 0 bridgehead atoms. The van der Waals surface area contributed by atoms with Crippen LogP contribution >= 0.6 is 0 Å². The second-order valence-electron chi connectivity index (χ2n) is 1.33. The predicted molar refractivity (Wildman–Crippen MR) is 38.2 cm³/mol. The maximum absolute atomic E-state index is 5.17. The smallest absolute Gasteiger partial charge is 0.00750 e. The number of nitrogens with two attached hydrogens (primary N) is 2. The molecule has 1 radical (unpaired) electrons. The van der Waals surface area contributed by atoms with Crippen LogP contribution in [0.15, 0.2) is 0 Å². The molecule has 0 aromatic heterocycles. The van der Waals surface area contributed by atoms with Gasteiger partial charge in [0.1, 0.15) is 0 Å². The van der Waals surface area contributed by atoms with Crippen molar-refractivity contribution in [3.63, 3.8) is 0 Å². The summed E-state index contributed by atoms with van der Waals surface area (Å²) in [5.74, 6) is 0. The van der Waals surface area contributed by atoms with Crippen LogP contribution in [0.25, 0.3) is 0 Å². The van der Waals surface area contributed by atoms with E-state index in [2.05, 4.69) is 5.32 Å². The molecular weight excluding hydrogens is 181 g/mol. The van der Waals surface area contributed by atoms with Gasteiger partial charge < -0.3 is 27.7 Å². The third-order valence-electron chi connectivity index (χ3n) is 0.642. The number of hydrogen-bond donors (Lipinski definition) is 3. The van der Waals surface area contributed by atoms with Crippen molar-refractivity contribution in [2.24, 2.45) is 11.5 Å². The number of rotatable bonds is 4. The van der Waals surface area contributed by atoms with Crippen molar-refractivity contribution in [2.75, 3.05) is 26.2 Å². The van der Waals surface area contributed by atoms with E-state index in [0.29, 0.717) is 13.1 Å². The first-order valence-corrected chi connectivity index (χ1v) is 2.52. The van der Waals surface area contributed by atoms with Gasteiger partial charge in [0.2, 0.25) is 0 Å². The Hall–Kier alpha value is 0.306. The van der Waals surface area contributed by atoms with E-state index in [0.717, 1.165) is 13.1 Å². The van der Waals surface area contributed by atoms with E-state index in [1.54, 1.807) is 0 Å². The van der Waals surface area contributed by atoms with E-state index in [-0.39, 0.29) is 27.7 Å². The van der Waals surface area contributed by atoms with E-state index in [9.17, 15) is 0 Å². The molecule has 0 saturated heterocycles. The minimum Gasteiger partial charge on any atom is -0.412 e. The van der Waals surface area contributed by atoms with Crippen LogP contribution in [0.1, 0.15) is 0 Å². The molecule has 0 aliphatic carbocycles. The van der Waals surface area contributed by atoms with Gasteiger partial charge in [-0.1, -0.05) is 0 Å². The summed E-state index contributed by atoms with van der Waals surface area (Å²) < 4.78 is 0. The van der Waals surface area contributed by atoms with Gasteiger partial charge in [-0.05, 0) is 0 Å². The molecule has 0 amide bonds. The summed E-state index contributed by atoms with van der Waals surface area (Å²) in [5, 5.41) is 3.03. The molecule has 69 valence electrons. The average Bonchev–Trinajstić information content (AvgIpc) is 1.69. The average molecular weight is 198 g/mol. The van der Waals surface area contributed by atoms with Crippen LogP contribution in [0.3, 0.4) is 0 Å². The van der Waals surface area contributed by atoms with Gasteiger partial charge in [0, 0.05) is 43.0 Å². The zero-order valence-electron chi connectivity index (χ0n) is 5.82.